The standard InChI is InChI=1S/C21H15NO4S/c1-22(15-7-3-2-4-8-15)21(24)14-11-12-17-19(13-14)27(25,26)18-10-6-5-9-16(18)20(17)23/h2-13H,1H3. The van der Waals surface area contributed by atoms with Crippen molar-refractivity contribution >= 4 is 27.2 Å². The zero-order valence-electron chi connectivity index (χ0n) is 14.4. The van der Waals surface area contributed by atoms with Gasteiger partial charge in [0.25, 0.3) is 5.91 Å². The highest BCUT2D eigenvalue weighted by atomic mass is 32.2. The number of amides is 1. The van der Waals surface area contributed by atoms with Crippen LogP contribution in [-0.2, 0) is 9.84 Å². The molecule has 0 spiro atoms. The average molecular weight is 377 g/mol. The van der Waals surface area contributed by atoms with E-state index in [1.807, 2.05) is 18.2 Å². The molecule has 0 aromatic heterocycles. The van der Waals surface area contributed by atoms with Crippen molar-refractivity contribution < 1.29 is 18.0 Å². The first-order valence-corrected chi connectivity index (χ1v) is 9.75. The lowest BCUT2D eigenvalue weighted by Crippen LogP contribution is -2.27. The lowest BCUT2D eigenvalue weighted by molar-refractivity contribution is 0.0989. The summed E-state index contributed by atoms with van der Waals surface area (Å²) in [5, 5.41) is 0. The van der Waals surface area contributed by atoms with Crippen molar-refractivity contribution in [3.8, 4) is 0 Å². The number of hydrogen-bond donors (Lipinski definition) is 0. The Morgan fingerprint density at radius 2 is 1.44 bits per heavy atom. The average Bonchev–Trinajstić information content (AvgIpc) is 2.71. The molecular formula is C21H15NO4S. The summed E-state index contributed by atoms with van der Waals surface area (Å²) in [7, 11) is -2.26. The maximum absolute atomic E-state index is 13.0. The first-order valence-electron chi connectivity index (χ1n) is 8.27. The predicted molar refractivity (Wildman–Crippen MR) is 101 cm³/mol. The third-order valence-electron chi connectivity index (χ3n) is 4.63. The van der Waals surface area contributed by atoms with Crippen LogP contribution >= 0.6 is 0 Å². The molecule has 0 fully saturated rings. The Hall–Kier alpha value is -3.25. The van der Waals surface area contributed by atoms with Crippen LogP contribution < -0.4 is 4.90 Å². The van der Waals surface area contributed by atoms with E-state index in [0.717, 1.165) is 0 Å². The zero-order valence-corrected chi connectivity index (χ0v) is 15.2. The molecule has 27 heavy (non-hydrogen) atoms. The molecule has 0 radical (unpaired) electrons. The van der Waals surface area contributed by atoms with Crippen LogP contribution in [0.25, 0.3) is 0 Å². The number of carbonyl (C=O) groups is 2. The Balaban J connectivity index is 1.82. The minimum Gasteiger partial charge on any atom is -0.311 e. The van der Waals surface area contributed by atoms with E-state index in [1.54, 1.807) is 31.3 Å². The Morgan fingerprint density at radius 1 is 0.815 bits per heavy atom. The van der Waals surface area contributed by atoms with Gasteiger partial charge in [0, 0.05) is 29.4 Å². The van der Waals surface area contributed by atoms with E-state index >= 15 is 0 Å². The Morgan fingerprint density at radius 3 is 2.19 bits per heavy atom. The minimum atomic E-state index is -3.87. The highest BCUT2D eigenvalue weighted by molar-refractivity contribution is 7.91. The summed E-state index contributed by atoms with van der Waals surface area (Å²) in [6.45, 7) is 0. The molecule has 0 N–H and O–H groups in total. The monoisotopic (exact) mass is 377 g/mol. The first-order chi connectivity index (χ1) is 12.9. The summed E-state index contributed by atoms with van der Waals surface area (Å²) in [6, 6.07) is 19.3. The van der Waals surface area contributed by atoms with Crippen molar-refractivity contribution in [2.24, 2.45) is 0 Å². The van der Waals surface area contributed by atoms with Crippen molar-refractivity contribution in [3.05, 3.63) is 89.5 Å². The number of rotatable bonds is 2. The van der Waals surface area contributed by atoms with E-state index in [-0.39, 0.29) is 38.2 Å². The van der Waals surface area contributed by atoms with Crippen LogP contribution in [0.15, 0.2) is 82.6 Å². The van der Waals surface area contributed by atoms with Crippen LogP contribution in [0.4, 0.5) is 5.69 Å². The van der Waals surface area contributed by atoms with Crippen LogP contribution in [0.1, 0.15) is 26.3 Å². The maximum atomic E-state index is 13.0. The van der Waals surface area contributed by atoms with Gasteiger partial charge in [-0.15, -0.1) is 0 Å². The lowest BCUT2D eigenvalue weighted by atomic mass is 10.0. The van der Waals surface area contributed by atoms with Crippen LogP contribution in [0.5, 0.6) is 0 Å². The van der Waals surface area contributed by atoms with Gasteiger partial charge in [-0.1, -0.05) is 30.3 Å². The van der Waals surface area contributed by atoms with Gasteiger partial charge in [-0.05, 0) is 42.5 Å². The van der Waals surface area contributed by atoms with E-state index < -0.39 is 9.84 Å². The van der Waals surface area contributed by atoms with Crippen molar-refractivity contribution in [2.75, 3.05) is 11.9 Å². The molecule has 6 heteroatoms. The van der Waals surface area contributed by atoms with Crippen LogP contribution in [0.2, 0.25) is 0 Å². The molecule has 0 unspecified atom stereocenters. The maximum Gasteiger partial charge on any atom is 0.258 e. The number of benzene rings is 3. The number of carbonyl (C=O) groups excluding carboxylic acids is 2. The number of para-hydroxylation sites is 1. The fourth-order valence-electron chi connectivity index (χ4n) is 3.18. The Kier molecular flexibility index (Phi) is 3.93. The summed E-state index contributed by atoms with van der Waals surface area (Å²) >= 11 is 0. The van der Waals surface area contributed by atoms with Gasteiger partial charge in [-0.3, -0.25) is 9.59 Å². The third kappa shape index (κ3) is 2.65. The third-order valence-corrected chi connectivity index (χ3v) is 6.48. The van der Waals surface area contributed by atoms with Gasteiger partial charge in [0.15, 0.2) is 5.78 Å². The Bertz CT molecular complexity index is 1180. The fraction of sp³-hybridized carbons (Fsp3) is 0.0476. The summed E-state index contributed by atoms with van der Waals surface area (Å²) in [6.07, 6.45) is 0. The highest BCUT2D eigenvalue weighted by Crippen LogP contribution is 2.35. The molecule has 134 valence electrons. The molecule has 5 nitrogen and oxygen atoms in total. The van der Waals surface area contributed by atoms with Gasteiger partial charge in [-0.2, -0.15) is 0 Å². The van der Waals surface area contributed by atoms with Gasteiger partial charge >= 0.3 is 0 Å². The number of fused-ring (bicyclic) bond motifs is 2. The van der Waals surface area contributed by atoms with Crippen LogP contribution in [-0.4, -0.2) is 27.2 Å². The zero-order chi connectivity index (χ0) is 19.2. The number of sulfone groups is 1. The molecule has 0 saturated heterocycles. The molecule has 0 bridgehead atoms. The quantitative estimate of drug-likeness (QED) is 0.537. The molecule has 0 saturated carbocycles. The molecule has 1 aliphatic rings. The van der Waals surface area contributed by atoms with E-state index in [1.165, 1.54) is 35.2 Å². The number of anilines is 1. The van der Waals surface area contributed by atoms with Gasteiger partial charge in [0.1, 0.15) is 0 Å². The van der Waals surface area contributed by atoms with E-state index in [2.05, 4.69) is 0 Å². The second-order valence-corrected chi connectivity index (χ2v) is 8.13. The van der Waals surface area contributed by atoms with E-state index in [4.69, 9.17) is 0 Å². The van der Waals surface area contributed by atoms with E-state index in [0.29, 0.717) is 5.69 Å². The highest BCUT2D eigenvalue weighted by Gasteiger charge is 2.35. The smallest absolute Gasteiger partial charge is 0.258 e. The normalized spacial score (nSPS) is 14.2. The van der Waals surface area contributed by atoms with Gasteiger partial charge in [0.05, 0.1) is 9.79 Å². The van der Waals surface area contributed by atoms with Gasteiger partial charge in [0.2, 0.25) is 9.84 Å². The van der Waals surface area contributed by atoms with Crippen LogP contribution in [0.3, 0.4) is 0 Å². The molecule has 1 heterocycles. The number of hydrogen-bond acceptors (Lipinski definition) is 4. The molecule has 3 aromatic carbocycles. The van der Waals surface area contributed by atoms with Crippen LogP contribution in [0, 0.1) is 0 Å². The second kappa shape index (κ2) is 6.17. The molecule has 1 amide bonds. The van der Waals surface area contributed by atoms with Crippen molar-refractivity contribution in [2.45, 2.75) is 9.79 Å². The minimum absolute atomic E-state index is 0.0245. The predicted octanol–water partition coefficient (Wildman–Crippen LogP) is 3.34. The summed E-state index contributed by atoms with van der Waals surface area (Å²) in [5.41, 5.74) is 1.14. The SMILES string of the molecule is CN(C(=O)c1ccc2c(c1)S(=O)(=O)c1ccccc1C2=O)c1ccccc1. The fourth-order valence-corrected chi connectivity index (χ4v) is 4.86. The summed E-state index contributed by atoms with van der Waals surface area (Å²) in [4.78, 5) is 26.8. The first kappa shape index (κ1) is 17.2. The molecule has 3 aromatic rings. The molecule has 4 rings (SSSR count). The van der Waals surface area contributed by atoms with Gasteiger partial charge in [-0.25, -0.2) is 8.42 Å². The van der Waals surface area contributed by atoms with Crippen molar-refractivity contribution in [3.63, 3.8) is 0 Å². The molecule has 1 aliphatic heterocycles. The summed E-state index contributed by atoms with van der Waals surface area (Å²) < 4.78 is 26.0. The molecule has 0 atom stereocenters. The molecule has 0 aliphatic carbocycles. The van der Waals surface area contributed by atoms with Gasteiger partial charge < -0.3 is 4.90 Å². The van der Waals surface area contributed by atoms with Crippen molar-refractivity contribution in [1.29, 1.82) is 0 Å². The number of nitrogens with zero attached hydrogens (tertiary/aromatic N) is 1. The van der Waals surface area contributed by atoms with E-state index in [9.17, 15) is 18.0 Å². The molecular weight excluding hydrogens is 362 g/mol. The summed E-state index contributed by atoms with van der Waals surface area (Å²) in [5.74, 6) is -0.712. The second-order valence-electron chi connectivity index (χ2n) is 6.24. The Labute approximate surface area is 156 Å². The number of ketones is 1. The van der Waals surface area contributed by atoms with Crippen molar-refractivity contribution in [1.82, 2.24) is 0 Å². The largest absolute Gasteiger partial charge is 0.311 e. The lowest BCUT2D eigenvalue weighted by Gasteiger charge is -2.21. The topological polar surface area (TPSA) is 71.5 Å².